The molecule has 0 aliphatic carbocycles. The van der Waals surface area contributed by atoms with Crippen LogP contribution in [0.25, 0.3) is 0 Å². The van der Waals surface area contributed by atoms with Gasteiger partial charge in [-0.05, 0) is 31.2 Å². The Morgan fingerprint density at radius 3 is 2.59 bits per heavy atom. The normalized spacial score (nSPS) is 35.7. The summed E-state index contributed by atoms with van der Waals surface area (Å²) in [6.45, 7) is 0.735. The maximum Gasteiger partial charge on any atom is 0.338 e. The maximum absolute atomic E-state index is 13.1. The number of benzene rings is 1. The molecular weight excluding hydrogens is 387 g/mol. The average Bonchev–Trinajstić information content (AvgIpc) is 3.08. The minimum Gasteiger partial charge on any atom is -0.454 e. The summed E-state index contributed by atoms with van der Waals surface area (Å²) in [6, 6.07) is 2.99. The molecule has 0 bridgehead atoms. The lowest BCUT2D eigenvalue weighted by atomic mass is 9.79. The van der Waals surface area contributed by atoms with E-state index in [0.29, 0.717) is 5.06 Å². The summed E-state index contributed by atoms with van der Waals surface area (Å²) in [7, 11) is 0. The molecule has 11 nitrogen and oxygen atoms in total. The highest BCUT2D eigenvalue weighted by atomic mass is 19.1. The Hall–Kier alpha value is -2.96. The smallest absolute Gasteiger partial charge is 0.338 e. The molecule has 1 spiro atoms. The van der Waals surface area contributed by atoms with Crippen LogP contribution in [0.5, 0.6) is 0 Å². The SMILES string of the molecule is C[C@]1(O)[C@@H](OC(=O)c2ccc(F)cc2)CN2C(=N)N[C@@H](CO)C3NC(=N)N(O)C321. The maximum atomic E-state index is 13.1. The standard InChI is InChI=1S/C17H21FN6O5/c1-16(27)11(29-13(26)8-2-4-9(18)5-3-8)6-23-14(19)21-10(7-25)12-17(16,23)24(28)15(20)22-12/h2-5,10-12,25,27-28H,6-7H2,1H3,(H2,19,21)(H2,20,22)/t10-,11-,12?,16-,17?/m0/s1. The van der Waals surface area contributed by atoms with E-state index in [1.165, 1.54) is 24.0 Å². The Kier molecular flexibility index (Phi) is 4.19. The van der Waals surface area contributed by atoms with Crippen LogP contribution < -0.4 is 10.6 Å². The Bertz CT molecular complexity index is 880. The summed E-state index contributed by atoms with van der Waals surface area (Å²) in [6.07, 6.45) is -1.20. The average molecular weight is 408 g/mol. The largest absolute Gasteiger partial charge is 0.454 e. The monoisotopic (exact) mass is 408 g/mol. The number of esters is 1. The van der Waals surface area contributed by atoms with Gasteiger partial charge in [0.2, 0.25) is 5.96 Å². The number of hydrogen-bond acceptors (Lipinski definition) is 7. The van der Waals surface area contributed by atoms with Gasteiger partial charge in [0.15, 0.2) is 17.7 Å². The molecule has 5 atom stereocenters. The first-order valence-corrected chi connectivity index (χ1v) is 8.91. The fourth-order valence-corrected chi connectivity index (χ4v) is 4.48. The van der Waals surface area contributed by atoms with Crippen LogP contribution in [0.3, 0.4) is 0 Å². The van der Waals surface area contributed by atoms with Gasteiger partial charge in [0.1, 0.15) is 11.4 Å². The number of ether oxygens (including phenoxy) is 1. The summed E-state index contributed by atoms with van der Waals surface area (Å²) in [5.74, 6) is -1.97. The van der Waals surface area contributed by atoms with Crippen molar-refractivity contribution in [1.29, 1.82) is 10.8 Å². The summed E-state index contributed by atoms with van der Waals surface area (Å²) < 4.78 is 18.6. The van der Waals surface area contributed by atoms with Gasteiger partial charge in [-0.25, -0.2) is 9.18 Å². The number of rotatable bonds is 3. The molecule has 3 aliphatic heterocycles. The molecule has 3 saturated heterocycles. The fourth-order valence-electron chi connectivity index (χ4n) is 4.48. The predicted molar refractivity (Wildman–Crippen MR) is 95.7 cm³/mol. The minimum atomic E-state index is -1.96. The third kappa shape index (κ3) is 2.42. The van der Waals surface area contributed by atoms with Crippen LogP contribution in [0.15, 0.2) is 24.3 Å². The van der Waals surface area contributed by atoms with Gasteiger partial charge in [-0.1, -0.05) is 0 Å². The quantitative estimate of drug-likeness (QED) is 0.298. The Morgan fingerprint density at radius 1 is 1.31 bits per heavy atom. The Labute approximate surface area is 164 Å². The van der Waals surface area contributed by atoms with Crippen LogP contribution >= 0.6 is 0 Å². The lowest BCUT2D eigenvalue weighted by molar-refractivity contribution is -0.228. The first kappa shape index (κ1) is 19.4. The van der Waals surface area contributed by atoms with E-state index in [9.17, 15) is 24.6 Å². The van der Waals surface area contributed by atoms with Crippen molar-refractivity contribution in [2.75, 3.05) is 13.2 Å². The number of halogens is 1. The second kappa shape index (κ2) is 6.27. The third-order valence-electron chi connectivity index (χ3n) is 5.91. The molecule has 0 saturated carbocycles. The number of aliphatic hydroxyl groups is 2. The molecule has 3 fully saturated rings. The van der Waals surface area contributed by atoms with E-state index in [1.807, 2.05) is 0 Å². The van der Waals surface area contributed by atoms with E-state index in [4.69, 9.17) is 15.6 Å². The van der Waals surface area contributed by atoms with Crippen molar-refractivity contribution in [1.82, 2.24) is 20.6 Å². The van der Waals surface area contributed by atoms with Crippen LogP contribution in [-0.2, 0) is 4.74 Å². The summed E-state index contributed by atoms with van der Waals surface area (Å²) >= 11 is 0. The van der Waals surface area contributed by atoms with Gasteiger partial charge < -0.3 is 30.5 Å². The molecule has 12 heteroatoms. The summed E-state index contributed by atoms with van der Waals surface area (Å²) in [4.78, 5) is 13.8. The zero-order chi connectivity index (χ0) is 21.1. The molecule has 4 rings (SSSR count). The lowest BCUT2D eigenvalue weighted by Crippen LogP contribution is -2.80. The third-order valence-corrected chi connectivity index (χ3v) is 5.91. The lowest BCUT2D eigenvalue weighted by Gasteiger charge is -2.53. The van der Waals surface area contributed by atoms with E-state index in [1.54, 1.807) is 0 Å². The number of hydrogen-bond donors (Lipinski definition) is 7. The molecule has 7 N–H and O–H groups in total. The van der Waals surface area contributed by atoms with Gasteiger partial charge >= 0.3 is 5.97 Å². The number of carbonyl (C=O) groups excluding carboxylic acids is 1. The van der Waals surface area contributed by atoms with Crippen molar-refractivity contribution in [3.8, 4) is 0 Å². The van der Waals surface area contributed by atoms with Crippen molar-refractivity contribution in [2.24, 2.45) is 0 Å². The van der Waals surface area contributed by atoms with Crippen LogP contribution in [-0.4, -0.2) is 85.9 Å². The second-order valence-electron chi connectivity index (χ2n) is 7.45. The van der Waals surface area contributed by atoms with Crippen molar-refractivity contribution in [3.05, 3.63) is 35.6 Å². The molecule has 3 heterocycles. The molecule has 1 aromatic carbocycles. The second-order valence-corrected chi connectivity index (χ2v) is 7.45. The van der Waals surface area contributed by atoms with E-state index < -0.39 is 53.8 Å². The van der Waals surface area contributed by atoms with Gasteiger partial charge in [0, 0.05) is 0 Å². The molecule has 29 heavy (non-hydrogen) atoms. The van der Waals surface area contributed by atoms with Gasteiger partial charge in [-0.3, -0.25) is 16.0 Å². The number of hydroxylamine groups is 2. The fraction of sp³-hybridized carbons (Fsp3) is 0.471. The molecule has 3 aliphatic rings. The van der Waals surface area contributed by atoms with Gasteiger partial charge in [0.25, 0.3) is 0 Å². The van der Waals surface area contributed by atoms with E-state index in [0.717, 1.165) is 12.1 Å². The molecule has 2 unspecified atom stereocenters. The van der Waals surface area contributed by atoms with Crippen molar-refractivity contribution < 1.29 is 29.3 Å². The predicted octanol–water partition coefficient (Wildman–Crippen LogP) is -1.39. The Morgan fingerprint density at radius 2 is 1.97 bits per heavy atom. The van der Waals surface area contributed by atoms with Crippen molar-refractivity contribution >= 4 is 17.9 Å². The zero-order valence-corrected chi connectivity index (χ0v) is 15.4. The molecule has 0 aromatic heterocycles. The Balaban J connectivity index is 1.71. The zero-order valence-electron chi connectivity index (χ0n) is 15.4. The van der Waals surface area contributed by atoms with Gasteiger partial charge in [0.05, 0.1) is 30.8 Å². The highest BCUT2D eigenvalue weighted by Crippen LogP contribution is 2.49. The van der Waals surface area contributed by atoms with E-state index in [2.05, 4.69) is 10.6 Å². The van der Waals surface area contributed by atoms with Crippen LogP contribution in [0.1, 0.15) is 17.3 Å². The molecule has 0 amide bonds. The van der Waals surface area contributed by atoms with E-state index in [-0.39, 0.29) is 18.1 Å². The van der Waals surface area contributed by atoms with Crippen molar-refractivity contribution in [2.45, 2.75) is 36.4 Å². The number of carbonyl (C=O) groups is 1. The van der Waals surface area contributed by atoms with Crippen LogP contribution in [0.4, 0.5) is 4.39 Å². The molecule has 1 aromatic rings. The highest BCUT2D eigenvalue weighted by molar-refractivity contribution is 5.90. The van der Waals surface area contributed by atoms with Crippen LogP contribution in [0.2, 0.25) is 0 Å². The topological polar surface area (TPSA) is 165 Å². The van der Waals surface area contributed by atoms with Crippen LogP contribution in [0, 0.1) is 16.6 Å². The molecule has 156 valence electrons. The summed E-state index contributed by atoms with van der Waals surface area (Å²) in [5.41, 5.74) is -3.66. The number of nitrogens with zero attached hydrogens (tertiary/aromatic N) is 2. The van der Waals surface area contributed by atoms with Gasteiger partial charge in [-0.2, -0.15) is 5.06 Å². The number of aliphatic hydroxyl groups excluding tert-OH is 1. The number of guanidine groups is 2. The minimum absolute atomic E-state index is 0.0701. The van der Waals surface area contributed by atoms with Gasteiger partial charge in [-0.15, -0.1) is 0 Å². The molecular formula is C17H21FN6O5. The first-order chi connectivity index (χ1) is 13.6. The number of nitrogens with one attached hydrogen (secondary N) is 4. The highest BCUT2D eigenvalue weighted by Gasteiger charge is 2.76. The summed E-state index contributed by atoms with van der Waals surface area (Å²) in [5, 5.41) is 54.0. The molecule has 0 radical (unpaired) electrons. The van der Waals surface area contributed by atoms with E-state index >= 15 is 0 Å². The van der Waals surface area contributed by atoms with Crippen molar-refractivity contribution in [3.63, 3.8) is 0 Å². The first-order valence-electron chi connectivity index (χ1n) is 8.91.